The van der Waals surface area contributed by atoms with Gasteiger partial charge in [0.1, 0.15) is 0 Å². The van der Waals surface area contributed by atoms with Gasteiger partial charge in [-0.05, 0) is 29.2 Å². The summed E-state index contributed by atoms with van der Waals surface area (Å²) in [5.41, 5.74) is 1.94. The maximum atomic E-state index is 11.0. The van der Waals surface area contributed by atoms with Crippen LogP contribution in [0.25, 0.3) is 11.3 Å². The molecule has 0 fully saturated rings. The van der Waals surface area contributed by atoms with Gasteiger partial charge in [0.05, 0.1) is 5.69 Å². The Morgan fingerprint density at radius 2 is 1.68 bits per heavy atom. The van der Waals surface area contributed by atoms with Gasteiger partial charge < -0.3 is 0 Å². The Morgan fingerprint density at radius 3 is 2.11 bits per heavy atom. The highest BCUT2D eigenvalue weighted by molar-refractivity contribution is 6.36. The Bertz CT molecular complexity index is 628. The highest BCUT2D eigenvalue weighted by atomic mass is 35.5. The molecule has 0 saturated heterocycles. The van der Waals surface area contributed by atoms with Crippen LogP contribution in [-0.2, 0) is 5.41 Å². The first kappa shape index (κ1) is 14.1. The number of hydrogen-bond acceptors (Lipinski definition) is 2. The fourth-order valence-electron chi connectivity index (χ4n) is 1.94. The number of H-pyrrole nitrogens is 1. The minimum absolute atomic E-state index is 0.134. The van der Waals surface area contributed by atoms with E-state index < -0.39 is 0 Å². The van der Waals surface area contributed by atoms with Crippen molar-refractivity contribution in [3.8, 4) is 11.3 Å². The summed E-state index contributed by atoms with van der Waals surface area (Å²) in [5.74, 6) is 0. The fourth-order valence-corrected chi connectivity index (χ4v) is 3.00. The molecule has 3 nitrogen and oxygen atoms in total. The molecule has 0 saturated carbocycles. The first-order chi connectivity index (χ1) is 8.79. The lowest BCUT2D eigenvalue weighted by molar-refractivity contribution is 0.591. The molecule has 0 bridgehead atoms. The predicted octanol–water partition coefficient (Wildman–Crippen LogP) is 4.04. The first-order valence-electron chi connectivity index (χ1n) is 5.84. The normalized spacial score (nSPS) is 11.6. The molecule has 0 atom stereocenters. The largest absolute Gasteiger partial charge is 0.268 e. The summed E-state index contributed by atoms with van der Waals surface area (Å²) < 4.78 is 0. The van der Waals surface area contributed by atoms with E-state index in [1.807, 2.05) is 12.1 Å². The Morgan fingerprint density at radius 1 is 1.11 bits per heavy atom. The first-order valence-corrected chi connectivity index (χ1v) is 6.60. The van der Waals surface area contributed by atoms with Crippen molar-refractivity contribution < 1.29 is 0 Å². The van der Waals surface area contributed by atoms with Crippen LogP contribution >= 0.6 is 23.2 Å². The molecule has 0 unspecified atom stereocenters. The van der Waals surface area contributed by atoms with E-state index in [0.29, 0.717) is 15.7 Å². The minimum Gasteiger partial charge on any atom is -0.268 e. The second-order valence-corrected chi connectivity index (χ2v) is 6.19. The lowest BCUT2D eigenvalue weighted by Crippen LogP contribution is -2.13. The molecule has 100 valence electrons. The molecule has 0 radical (unpaired) electrons. The molecule has 0 amide bonds. The van der Waals surface area contributed by atoms with Gasteiger partial charge in [-0.1, -0.05) is 44.0 Å². The molecule has 0 aliphatic rings. The number of benzene rings is 1. The van der Waals surface area contributed by atoms with Crippen molar-refractivity contribution in [3.05, 3.63) is 50.2 Å². The van der Waals surface area contributed by atoms with Crippen LogP contribution in [0.2, 0.25) is 10.0 Å². The molecule has 1 aromatic heterocycles. The Kier molecular flexibility index (Phi) is 3.70. The molecule has 0 aliphatic carbocycles. The van der Waals surface area contributed by atoms with Gasteiger partial charge in [0.15, 0.2) is 0 Å². The Balaban J connectivity index is 2.57. The van der Waals surface area contributed by atoms with Gasteiger partial charge in [-0.2, -0.15) is 5.10 Å². The number of rotatable bonds is 1. The van der Waals surface area contributed by atoms with E-state index in [9.17, 15) is 4.79 Å². The number of nitrogens with zero attached hydrogens (tertiary/aromatic N) is 1. The van der Waals surface area contributed by atoms with E-state index in [0.717, 1.165) is 11.1 Å². The van der Waals surface area contributed by atoms with Crippen LogP contribution in [-0.4, -0.2) is 10.2 Å². The third kappa shape index (κ3) is 2.99. The monoisotopic (exact) mass is 296 g/mol. The zero-order valence-electron chi connectivity index (χ0n) is 10.9. The van der Waals surface area contributed by atoms with Gasteiger partial charge in [0, 0.05) is 21.7 Å². The number of aromatic nitrogens is 2. The van der Waals surface area contributed by atoms with Gasteiger partial charge in [0.2, 0.25) is 0 Å². The average molecular weight is 297 g/mol. The van der Waals surface area contributed by atoms with Crippen molar-refractivity contribution in [2.75, 3.05) is 0 Å². The minimum atomic E-state index is -0.243. The molecule has 5 heteroatoms. The van der Waals surface area contributed by atoms with Crippen LogP contribution in [0.15, 0.2) is 29.1 Å². The van der Waals surface area contributed by atoms with Crippen molar-refractivity contribution >= 4 is 23.2 Å². The third-order valence-electron chi connectivity index (χ3n) is 2.77. The topological polar surface area (TPSA) is 45.8 Å². The zero-order valence-corrected chi connectivity index (χ0v) is 12.4. The van der Waals surface area contributed by atoms with Gasteiger partial charge in [-0.25, -0.2) is 5.10 Å². The van der Waals surface area contributed by atoms with E-state index in [1.54, 1.807) is 6.07 Å². The molecule has 19 heavy (non-hydrogen) atoms. The van der Waals surface area contributed by atoms with E-state index in [4.69, 9.17) is 23.2 Å². The van der Waals surface area contributed by atoms with Crippen molar-refractivity contribution in [3.63, 3.8) is 0 Å². The molecule has 1 heterocycles. The number of halogens is 2. The molecule has 1 aromatic carbocycles. The number of aromatic amines is 1. The summed E-state index contributed by atoms with van der Waals surface area (Å²) in [5, 5.41) is 7.56. The molecule has 0 spiro atoms. The van der Waals surface area contributed by atoms with Crippen molar-refractivity contribution in [2.45, 2.75) is 26.2 Å². The fraction of sp³-hybridized carbons (Fsp3) is 0.286. The summed E-state index contributed by atoms with van der Waals surface area (Å²) in [6.07, 6.45) is 0. The van der Waals surface area contributed by atoms with Crippen molar-refractivity contribution in [1.82, 2.24) is 10.2 Å². The predicted molar refractivity (Wildman–Crippen MR) is 79.0 cm³/mol. The molecular weight excluding hydrogens is 283 g/mol. The van der Waals surface area contributed by atoms with E-state index in [1.165, 1.54) is 6.07 Å². The second-order valence-electron chi connectivity index (χ2n) is 5.37. The van der Waals surface area contributed by atoms with Crippen LogP contribution in [0.1, 0.15) is 26.3 Å². The summed E-state index contributed by atoms with van der Waals surface area (Å²) >= 11 is 12.6. The van der Waals surface area contributed by atoms with Gasteiger partial charge in [-0.15, -0.1) is 0 Å². The van der Waals surface area contributed by atoms with Gasteiger partial charge in [0.25, 0.3) is 5.56 Å². The van der Waals surface area contributed by atoms with Crippen LogP contribution in [0, 0.1) is 0 Å². The standard InChI is InChI=1S/C14H14Cl2N2O/c1-14(2,3)13-9(15)6-8(7-10(13)16)11-4-5-12(19)18-17-11/h4-7H,1-3H3,(H,18,19). The zero-order chi connectivity index (χ0) is 14.2. The highest BCUT2D eigenvalue weighted by Crippen LogP contribution is 2.38. The summed E-state index contributed by atoms with van der Waals surface area (Å²) in [7, 11) is 0. The Labute approximate surface area is 121 Å². The highest BCUT2D eigenvalue weighted by Gasteiger charge is 2.21. The van der Waals surface area contributed by atoms with E-state index in [-0.39, 0.29) is 11.0 Å². The maximum absolute atomic E-state index is 11.0. The second kappa shape index (κ2) is 4.99. The summed E-state index contributed by atoms with van der Waals surface area (Å²) in [6.45, 7) is 6.16. The molecule has 2 rings (SSSR count). The number of hydrogen-bond donors (Lipinski definition) is 1. The van der Waals surface area contributed by atoms with Crippen molar-refractivity contribution in [1.29, 1.82) is 0 Å². The Hall–Kier alpha value is -1.32. The van der Waals surface area contributed by atoms with Crippen LogP contribution in [0.4, 0.5) is 0 Å². The number of nitrogens with one attached hydrogen (secondary N) is 1. The summed E-state index contributed by atoms with van der Waals surface area (Å²) in [4.78, 5) is 11.0. The van der Waals surface area contributed by atoms with Gasteiger partial charge in [-0.3, -0.25) is 4.79 Å². The molecular formula is C14H14Cl2N2O. The lowest BCUT2D eigenvalue weighted by atomic mass is 9.86. The molecule has 1 N–H and O–H groups in total. The van der Waals surface area contributed by atoms with Crippen LogP contribution in [0.5, 0.6) is 0 Å². The van der Waals surface area contributed by atoms with Gasteiger partial charge >= 0.3 is 0 Å². The average Bonchev–Trinajstić information content (AvgIpc) is 2.26. The molecule has 0 aliphatic heterocycles. The van der Waals surface area contributed by atoms with Crippen molar-refractivity contribution in [2.24, 2.45) is 0 Å². The quantitative estimate of drug-likeness (QED) is 0.863. The third-order valence-corrected chi connectivity index (χ3v) is 3.36. The van der Waals surface area contributed by atoms with Crippen LogP contribution < -0.4 is 5.56 Å². The summed E-state index contributed by atoms with van der Waals surface area (Å²) in [6, 6.07) is 6.68. The maximum Gasteiger partial charge on any atom is 0.264 e. The SMILES string of the molecule is CC(C)(C)c1c(Cl)cc(-c2ccc(=O)[nH]n2)cc1Cl. The van der Waals surface area contributed by atoms with E-state index >= 15 is 0 Å². The smallest absolute Gasteiger partial charge is 0.264 e. The molecule has 2 aromatic rings. The van der Waals surface area contributed by atoms with Crippen LogP contribution in [0.3, 0.4) is 0 Å². The van der Waals surface area contributed by atoms with E-state index in [2.05, 4.69) is 31.0 Å². The lowest BCUT2D eigenvalue weighted by Gasteiger charge is -2.22.